The third-order valence-corrected chi connectivity index (χ3v) is 3.55. The fraction of sp³-hybridized carbons (Fsp3) is 0.533. The van der Waals surface area contributed by atoms with Gasteiger partial charge in [0, 0.05) is 25.1 Å². The van der Waals surface area contributed by atoms with E-state index in [1.807, 2.05) is 12.1 Å². The van der Waals surface area contributed by atoms with Gasteiger partial charge in [0.05, 0.1) is 11.0 Å². The SMILES string of the molecule is CCCc1nc2cc3c(cc2n1CCCN)OCCO3. The van der Waals surface area contributed by atoms with Gasteiger partial charge in [0.1, 0.15) is 19.0 Å². The van der Waals surface area contributed by atoms with Crippen molar-refractivity contribution < 1.29 is 9.47 Å². The van der Waals surface area contributed by atoms with Crippen molar-refractivity contribution in [3.05, 3.63) is 18.0 Å². The van der Waals surface area contributed by atoms with Crippen molar-refractivity contribution in [1.82, 2.24) is 9.55 Å². The highest BCUT2D eigenvalue weighted by atomic mass is 16.6. The zero-order valence-electron chi connectivity index (χ0n) is 11.9. The fourth-order valence-corrected chi connectivity index (χ4v) is 2.62. The molecule has 0 fully saturated rings. The molecule has 2 N–H and O–H groups in total. The van der Waals surface area contributed by atoms with Gasteiger partial charge in [0.25, 0.3) is 0 Å². The molecule has 20 heavy (non-hydrogen) atoms. The molecule has 5 heteroatoms. The highest BCUT2D eigenvalue weighted by Crippen LogP contribution is 2.35. The van der Waals surface area contributed by atoms with E-state index in [4.69, 9.17) is 20.2 Å². The van der Waals surface area contributed by atoms with Crippen LogP contribution in [0.15, 0.2) is 12.1 Å². The molecule has 0 unspecified atom stereocenters. The van der Waals surface area contributed by atoms with Gasteiger partial charge in [-0.2, -0.15) is 0 Å². The second-order valence-electron chi connectivity index (χ2n) is 5.06. The molecule has 0 radical (unpaired) electrons. The zero-order valence-corrected chi connectivity index (χ0v) is 11.9. The number of aryl methyl sites for hydroxylation is 2. The summed E-state index contributed by atoms with van der Waals surface area (Å²) in [5.41, 5.74) is 7.74. The highest BCUT2D eigenvalue weighted by molar-refractivity contribution is 5.80. The van der Waals surface area contributed by atoms with Crippen LogP contribution in [0.2, 0.25) is 0 Å². The summed E-state index contributed by atoms with van der Waals surface area (Å²) in [5.74, 6) is 2.74. The molecule has 0 bridgehead atoms. The predicted octanol–water partition coefficient (Wildman–Crippen LogP) is 2.11. The first-order chi connectivity index (χ1) is 9.83. The smallest absolute Gasteiger partial charge is 0.163 e. The first kappa shape index (κ1) is 13.2. The lowest BCUT2D eigenvalue weighted by Gasteiger charge is -2.18. The van der Waals surface area contributed by atoms with Crippen molar-refractivity contribution >= 4 is 11.0 Å². The average Bonchev–Trinajstić information content (AvgIpc) is 2.79. The average molecular weight is 275 g/mol. The Hall–Kier alpha value is -1.75. The Balaban J connectivity index is 2.08. The number of nitrogens with zero attached hydrogens (tertiary/aromatic N) is 2. The van der Waals surface area contributed by atoms with Crippen LogP contribution in [0.1, 0.15) is 25.6 Å². The molecule has 108 valence electrons. The van der Waals surface area contributed by atoms with Crippen LogP contribution >= 0.6 is 0 Å². The summed E-state index contributed by atoms with van der Waals surface area (Å²) >= 11 is 0. The van der Waals surface area contributed by atoms with E-state index in [0.717, 1.165) is 54.2 Å². The molecule has 0 spiro atoms. The van der Waals surface area contributed by atoms with Crippen molar-refractivity contribution in [3.63, 3.8) is 0 Å². The van der Waals surface area contributed by atoms with Crippen LogP contribution in [0, 0.1) is 0 Å². The molecule has 2 heterocycles. The van der Waals surface area contributed by atoms with E-state index in [0.29, 0.717) is 19.8 Å². The van der Waals surface area contributed by atoms with Gasteiger partial charge in [-0.05, 0) is 19.4 Å². The summed E-state index contributed by atoms with van der Waals surface area (Å²) < 4.78 is 13.6. The van der Waals surface area contributed by atoms with E-state index in [-0.39, 0.29) is 0 Å². The van der Waals surface area contributed by atoms with Crippen LogP contribution in [0.5, 0.6) is 11.5 Å². The van der Waals surface area contributed by atoms with Crippen LogP contribution < -0.4 is 15.2 Å². The molecule has 1 aromatic heterocycles. The van der Waals surface area contributed by atoms with Gasteiger partial charge in [0.15, 0.2) is 11.5 Å². The van der Waals surface area contributed by atoms with Gasteiger partial charge < -0.3 is 19.8 Å². The first-order valence-corrected chi connectivity index (χ1v) is 7.32. The Bertz CT molecular complexity index is 607. The van der Waals surface area contributed by atoms with Gasteiger partial charge in [-0.15, -0.1) is 0 Å². The number of imidazole rings is 1. The van der Waals surface area contributed by atoms with Crippen LogP contribution in [0.3, 0.4) is 0 Å². The lowest BCUT2D eigenvalue weighted by molar-refractivity contribution is 0.172. The van der Waals surface area contributed by atoms with Crippen molar-refractivity contribution in [1.29, 1.82) is 0 Å². The summed E-state index contributed by atoms with van der Waals surface area (Å²) in [6.07, 6.45) is 3.01. The summed E-state index contributed by atoms with van der Waals surface area (Å²) in [6, 6.07) is 4.04. The van der Waals surface area contributed by atoms with E-state index in [1.54, 1.807) is 0 Å². The molecule has 1 aliphatic rings. The molecular weight excluding hydrogens is 254 g/mol. The Morgan fingerprint density at radius 1 is 1.25 bits per heavy atom. The van der Waals surface area contributed by atoms with Crippen molar-refractivity contribution in [2.24, 2.45) is 5.73 Å². The maximum Gasteiger partial charge on any atom is 0.163 e. The van der Waals surface area contributed by atoms with Crippen molar-refractivity contribution in [3.8, 4) is 11.5 Å². The standard InChI is InChI=1S/C15H21N3O2/c1-2-4-15-17-11-9-13-14(20-8-7-19-13)10-12(11)18(15)6-3-5-16/h9-10H,2-8,16H2,1H3. The van der Waals surface area contributed by atoms with Gasteiger partial charge in [0.2, 0.25) is 0 Å². The fourth-order valence-electron chi connectivity index (χ4n) is 2.62. The van der Waals surface area contributed by atoms with Crippen LogP contribution in [-0.4, -0.2) is 29.3 Å². The molecule has 5 nitrogen and oxygen atoms in total. The Labute approximate surface area is 118 Å². The van der Waals surface area contributed by atoms with Gasteiger partial charge in [-0.25, -0.2) is 4.98 Å². The predicted molar refractivity (Wildman–Crippen MR) is 78.4 cm³/mol. The van der Waals surface area contributed by atoms with E-state index in [1.165, 1.54) is 0 Å². The monoisotopic (exact) mass is 275 g/mol. The molecule has 0 atom stereocenters. The third kappa shape index (κ3) is 2.33. The molecule has 0 saturated heterocycles. The largest absolute Gasteiger partial charge is 0.486 e. The van der Waals surface area contributed by atoms with E-state index in [2.05, 4.69) is 11.5 Å². The molecule has 0 amide bonds. The van der Waals surface area contributed by atoms with Gasteiger partial charge in [-0.3, -0.25) is 0 Å². The van der Waals surface area contributed by atoms with Gasteiger partial charge >= 0.3 is 0 Å². The number of benzene rings is 1. The van der Waals surface area contributed by atoms with Crippen LogP contribution in [0.4, 0.5) is 0 Å². The number of nitrogens with two attached hydrogens (primary N) is 1. The molecule has 1 aromatic carbocycles. The minimum atomic E-state index is 0.605. The topological polar surface area (TPSA) is 62.3 Å². The quantitative estimate of drug-likeness (QED) is 0.907. The minimum absolute atomic E-state index is 0.605. The second-order valence-corrected chi connectivity index (χ2v) is 5.06. The first-order valence-electron chi connectivity index (χ1n) is 7.32. The number of aromatic nitrogens is 2. The number of rotatable bonds is 5. The van der Waals surface area contributed by atoms with Crippen LogP contribution in [-0.2, 0) is 13.0 Å². The number of ether oxygens (including phenoxy) is 2. The molecular formula is C15H21N3O2. The van der Waals surface area contributed by atoms with Crippen molar-refractivity contribution in [2.45, 2.75) is 32.7 Å². The lowest BCUT2D eigenvalue weighted by atomic mass is 10.2. The summed E-state index contributed by atoms with van der Waals surface area (Å²) in [7, 11) is 0. The van der Waals surface area contributed by atoms with E-state index < -0.39 is 0 Å². The number of hydrogen-bond donors (Lipinski definition) is 1. The number of hydrogen-bond acceptors (Lipinski definition) is 4. The summed E-state index contributed by atoms with van der Waals surface area (Å²) in [5, 5.41) is 0. The van der Waals surface area contributed by atoms with E-state index >= 15 is 0 Å². The molecule has 0 aliphatic carbocycles. The molecule has 1 aliphatic heterocycles. The maximum absolute atomic E-state index is 5.67. The Morgan fingerprint density at radius 2 is 2.00 bits per heavy atom. The molecule has 0 saturated carbocycles. The van der Waals surface area contributed by atoms with Crippen molar-refractivity contribution in [2.75, 3.05) is 19.8 Å². The molecule has 2 aromatic rings. The van der Waals surface area contributed by atoms with Gasteiger partial charge in [-0.1, -0.05) is 6.92 Å². The molecule has 3 rings (SSSR count). The normalized spacial score (nSPS) is 13.9. The summed E-state index contributed by atoms with van der Waals surface area (Å²) in [6.45, 7) is 4.98. The number of fused-ring (bicyclic) bond motifs is 2. The minimum Gasteiger partial charge on any atom is -0.486 e. The maximum atomic E-state index is 5.67. The Morgan fingerprint density at radius 3 is 2.70 bits per heavy atom. The Kier molecular flexibility index (Phi) is 3.78. The highest BCUT2D eigenvalue weighted by Gasteiger charge is 2.17. The lowest BCUT2D eigenvalue weighted by Crippen LogP contribution is -2.15. The third-order valence-electron chi connectivity index (χ3n) is 3.55. The summed E-state index contributed by atoms with van der Waals surface area (Å²) in [4.78, 5) is 4.75. The van der Waals surface area contributed by atoms with Crippen LogP contribution in [0.25, 0.3) is 11.0 Å². The van der Waals surface area contributed by atoms with E-state index in [9.17, 15) is 0 Å². The second kappa shape index (κ2) is 5.71. The zero-order chi connectivity index (χ0) is 13.9.